The summed E-state index contributed by atoms with van der Waals surface area (Å²) >= 11 is 0. The van der Waals surface area contributed by atoms with Crippen LogP contribution in [0.1, 0.15) is 29.6 Å². The average molecular weight is 374 g/mol. The second-order valence-electron chi connectivity index (χ2n) is 6.35. The van der Waals surface area contributed by atoms with Crippen molar-refractivity contribution in [2.45, 2.75) is 38.9 Å². The zero-order valence-electron chi connectivity index (χ0n) is 15.2. The van der Waals surface area contributed by atoms with E-state index in [0.717, 1.165) is 0 Å². The van der Waals surface area contributed by atoms with E-state index in [1.807, 2.05) is 6.92 Å². The number of hydrogen-bond acceptors (Lipinski definition) is 6. The van der Waals surface area contributed by atoms with Gasteiger partial charge in [-0.3, -0.25) is 14.4 Å². The fourth-order valence-electron chi connectivity index (χ4n) is 3.16. The highest BCUT2D eigenvalue weighted by molar-refractivity contribution is 5.94. The Labute approximate surface area is 155 Å². The van der Waals surface area contributed by atoms with Gasteiger partial charge in [-0.2, -0.15) is 0 Å². The Morgan fingerprint density at radius 3 is 2.81 bits per heavy atom. The Hall–Kier alpha value is -3.17. The summed E-state index contributed by atoms with van der Waals surface area (Å²) in [5, 5.41) is 5.59. The van der Waals surface area contributed by atoms with Gasteiger partial charge >= 0.3 is 0 Å². The highest BCUT2D eigenvalue weighted by Gasteiger charge is 2.40. The standard InChI is InChI=1S/C17H22N6O4/c1-3-19-16(25)13-6-12(21-17(26)15-11(2)27-10-20-15)7-23(13)14(24)8-22-5-4-18-9-22/h4-5,9-10,12-13H,3,6-8H2,1-2H3,(H,19,25)(H,21,26)/t12-,13-/m0/s1. The lowest BCUT2D eigenvalue weighted by Crippen LogP contribution is -2.47. The Balaban J connectivity index is 1.70. The topological polar surface area (TPSA) is 122 Å². The number of amides is 3. The fourth-order valence-corrected chi connectivity index (χ4v) is 3.16. The summed E-state index contributed by atoms with van der Waals surface area (Å²) in [6.07, 6.45) is 6.35. The molecule has 0 bridgehead atoms. The van der Waals surface area contributed by atoms with Gasteiger partial charge in [0, 0.05) is 31.5 Å². The van der Waals surface area contributed by atoms with E-state index >= 15 is 0 Å². The monoisotopic (exact) mass is 374 g/mol. The van der Waals surface area contributed by atoms with Crippen molar-refractivity contribution in [1.29, 1.82) is 0 Å². The first-order chi connectivity index (χ1) is 13.0. The van der Waals surface area contributed by atoms with Crippen LogP contribution >= 0.6 is 0 Å². The van der Waals surface area contributed by atoms with Crippen molar-refractivity contribution in [3.63, 3.8) is 0 Å². The normalized spacial score (nSPS) is 19.1. The molecule has 3 rings (SSSR count). The minimum atomic E-state index is -0.635. The molecule has 1 aliphatic rings. The molecule has 0 spiro atoms. The van der Waals surface area contributed by atoms with E-state index in [0.29, 0.717) is 18.7 Å². The third-order valence-corrected chi connectivity index (χ3v) is 4.45. The van der Waals surface area contributed by atoms with Crippen LogP contribution in [-0.4, -0.2) is 62.3 Å². The Bertz CT molecular complexity index is 815. The van der Waals surface area contributed by atoms with Gasteiger partial charge in [0.2, 0.25) is 11.8 Å². The number of likely N-dealkylation sites (N-methyl/N-ethyl adjacent to an activating group) is 1. The smallest absolute Gasteiger partial charge is 0.273 e. The third-order valence-electron chi connectivity index (χ3n) is 4.45. The summed E-state index contributed by atoms with van der Waals surface area (Å²) in [7, 11) is 0. The number of aromatic nitrogens is 3. The molecule has 10 nitrogen and oxygen atoms in total. The number of rotatable bonds is 6. The van der Waals surface area contributed by atoms with E-state index in [1.54, 1.807) is 30.2 Å². The lowest BCUT2D eigenvalue weighted by atomic mass is 10.1. The first-order valence-corrected chi connectivity index (χ1v) is 8.73. The van der Waals surface area contributed by atoms with E-state index in [9.17, 15) is 14.4 Å². The van der Waals surface area contributed by atoms with Crippen molar-refractivity contribution >= 4 is 17.7 Å². The molecule has 3 amide bonds. The minimum absolute atomic E-state index is 0.0823. The molecule has 2 atom stereocenters. The van der Waals surface area contributed by atoms with Crippen molar-refractivity contribution in [3.05, 3.63) is 36.6 Å². The van der Waals surface area contributed by atoms with Crippen molar-refractivity contribution in [2.24, 2.45) is 0 Å². The Kier molecular flexibility index (Phi) is 5.53. The molecule has 0 aromatic carbocycles. The third kappa shape index (κ3) is 4.15. The van der Waals surface area contributed by atoms with Crippen molar-refractivity contribution in [1.82, 2.24) is 30.1 Å². The van der Waals surface area contributed by atoms with E-state index in [1.165, 1.54) is 11.3 Å². The lowest BCUT2D eigenvalue weighted by molar-refractivity contribution is -0.138. The Morgan fingerprint density at radius 1 is 1.37 bits per heavy atom. The number of likely N-dealkylation sites (tertiary alicyclic amines) is 1. The van der Waals surface area contributed by atoms with Gasteiger partial charge in [-0.15, -0.1) is 0 Å². The second-order valence-corrected chi connectivity index (χ2v) is 6.35. The van der Waals surface area contributed by atoms with Crippen LogP contribution in [0.5, 0.6) is 0 Å². The highest BCUT2D eigenvalue weighted by Crippen LogP contribution is 2.20. The van der Waals surface area contributed by atoms with Crippen LogP contribution in [0.4, 0.5) is 0 Å². The van der Waals surface area contributed by atoms with Gasteiger partial charge in [0.25, 0.3) is 5.91 Å². The van der Waals surface area contributed by atoms with Crippen molar-refractivity contribution in [2.75, 3.05) is 13.1 Å². The zero-order valence-corrected chi connectivity index (χ0v) is 15.2. The van der Waals surface area contributed by atoms with Gasteiger partial charge in [-0.05, 0) is 20.3 Å². The zero-order chi connectivity index (χ0) is 19.4. The molecule has 2 N–H and O–H groups in total. The maximum Gasteiger partial charge on any atom is 0.273 e. The van der Waals surface area contributed by atoms with Crippen LogP contribution in [0, 0.1) is 6.92 Å². The van der Waals surface area contributed by atoms with E-state index < -0.39 is 6.04 Å². The van der Waals surface area contributed by atoms with Gasteiger partial charge in [0.1, 0.15) is 18.3 Å². The molecule has 144 valence electrons. The summed E-state index contributed by atoms with van der Waals surface area (Å²) < 4.78 is 6.69. The summed E-state index contributed by atoms with van der Waals surface area (Å²) in [5.41, 5.74) is 0.202. The Morgan fingerprint density at radius 2 is 2.19 bits per heavy atom. The number of hydrogen-bond donors (Lipinski definition) is 2. The highest BCUT2D eigenvalue weighted by atomic mass is 16.3. The first kappa shape index (κ1) is 18.6. The molecule has 0 aliphatic carbocycles. The summed E-state index contributed by atoms with van der Waals surface area (Å²) in [6.45, 7) is 4.26. The van der Waals surface area contributed by atoms with Gasteiger partial charge in [-0.25, -0.2) is 9.97 Å². The maximum absolute atomic E-state index is 12.7. The van der Waals surface area contributed by atoms with Crippen LogP contribution in [-0.2, 0) is 16.1 Å². The van der Waals surface area contributed by atoms with Gasteiger partial charge in [0.15, 0.2) is 12.1 Å². The summed E-state index contributed by atoms with van der Waals surface area (Å²) in [5.74, 6) is -0.409. The molecule has 2 aromatic rings. The molecular formula is C17H22N6O4. The quantitative estimate of drug-likeness (QED) is 0.717. The minimum Gasteiger partial charge on any atom is -0.448 e. The largest absolute Gasteiger partial charge is 0.448 e. The van der Waals surface area contributed by atoms with E-state index in [2.05, 4.69) is 20.6 Å². The molecule has 10 heteroatoms. The number of imidazole rings is 1. The molecule has 0 radical (unpaired) electrons. The predicted octanol–water partition coefficient (Wildman–Crippen LogP) is -0.285. The summed E-state index contributed by atoms with van der Waals surface area (Å²) in [6, 6.07) is -0.988. The summed E-state index contributed by atoms with van der Waals surface area (Å²) in [4.78, 5) is 46.8. The lowest BCUT2D eigenvalue weighted by Gasteiger charge is -2.23. The number of aryl methyl sites for hydroxylation is 1. The fraction of sp³-hybridized carbons (Fsp3) is 0.471. The van der Waals surface area contributed by atoms with Crippen molar-refractivity contribution < 1.29 is 18.8 Å². The molecule has 1 saturated heterocycles. The van der Waals surface area contributed by atoms with Crippen LogP contribution in [0.2, 0.25) is 0 Å². The van der Waals surface area contributed by atoms with Gasteiger partial charge in [0.05, 0.1) is 6.33 Å². The SMILES string of the molecule is CCNC(=O)[C@@H]1C[C@H](NC(=O)c2ncoc2C)CN1C(=O)Cn1ccnc1. The first-order valence-electron chi connectivity index (χ1n) is 8.73. The van der Waals surface area contributed by atoms with Crippen LogP contribution in [0.25, 0.3) is 0 Å². The molecule has 1 aliphatic heterocycles. The molecule has 2 aromatic heterocycles. The number of carbonyl (C=O) groups excluding carboxylic acids is 3. The van der Waals surface area contributed by atoms with Gasteiger partial charge < -0.3 is 24.5 Å². The van der Waals surface area contributed by atoms with Crippen molar-refractivity contribution in [3.8, 4) is 0 Å². The number of nitrogens with one attached hydrogen (secondary N) is 2. The maximum atomic E-state index is 12.7. The molecule has 27 heavy (non-hydrogen) atoms. The average Bonchev–Trinajstić information content (AvgIpc) is 3.35. The molecule has 0 saturated carbocycles. The van der Waals surface area contributed by atoms with Crippen LogP contribution in [0.3, 0.4) is 0 Å². The molecular weight excluding hydrogens is 352 g/mol. The van der Waals surface area contributed by atoms with Crippen LogP contribution in [0.15, 0.2) is 29.5 Å². The van der Waals surface area contributed by atoms with Crippen LogP contribution < -0.4 is 10.6 Å². The second kappa shape index (κ2) is 8.02. The molecule has 3 heterocycles. The molecule has 1 fully saturated rings. The predicted molar refractivity (Wildman–Crippen MR) is 93.5 cm³/mol. The number of nitrogens with zero attached hydrogens (tertiary/aromatic N) is 4. The van der Waals surface area contributed by atoms with E-state index in [-0.39, 0.29) is 42.5 Å². The van der Waals surface area contributed by atoms with E-state index in [4.69, 9.17) is 4.42 Å². The molecule has 0 unspecified atom stereocenters. The van der Waals surface area contributed by atoms with Gasteiger partial charge in [-0.1, -0.05) is 0 Å². The number of oxazole rings is 1. The number of carbonyl (C=O) groups is 3.